The van der Waals surface area contributed by atoms with E-state index in [1.807, 2.05) is 13.8 Å². The van der Waals surface area contributed by atoms with Crippen LogP contribution in [-0.4, -0.2) is 58.6 Å². The van der Waals surface area contributed by atoms with E-state index in [0.29, 0.717) is 16.7 Å². The van der Waals surface area contributed by atoms with Gasteiger partial charge in [0, 0.05) is 25.3 Å². The molecule has 0 bridgehead atoms. The van der Waals surface area contributed by atoms with E-state index in [1.165, 1.54) is 28.5 Å². The molecule has 0 aliphatic heterocycles. The molecule has 0 N–H and O–H groups in total. The summed E-state index contributed by atoms with van der Waals surface area (Å²) in [5.74, 6) is 0.533. The van der Waals surface area contributed by atoms with Crippen LogP contribution in [0, 0.1) is 5.92 Å². The van der Waals surface area contributed by atoms with Crippen LogP contribution in [0.2, 0.25) is 0 Å². The minimum atomic E-state index is -0.285. The maximum atomic E-state index is 12.3. The van der Waals surface area contributed by atoms with Gasteiger partial charge in [0.15, 0.2) is 11.0 Å². The Morgan fingerprint density at radius 2 is 2.00 bits per heavy atom. The Balaban J connectivity index is 3.08. The number of nitrogens with zero attached hydrogens (tertiary/aromatic N) is 4. The van der Waals surface area contributed by atoms with Gasteiger partial charge in [-0.05, 0) is 6.42 Å². The number of hydrogen-bond donors (Lipinski definition) is 0. The van der Waals surface area contributed by atoms with E-state index in [4.69, 9.17) is 4.74 Å². The SMILES string of the molecule is CCC(C)(C)c1nc(SCC(C)C(=O)OC)n(C(=O)N(C)C)n1. The van der Waals surface area contributed by atoms with Crippen LogP contribution < -0.4 is 0 Å². The van der Waals surface area contributed by atoms with Crippen molar-refractivity contribution in [3.63, 3.8) is 0 Å². The van der Waals surface area contributed by atoms with Crippen molar-refractivity contribution in [3.8, 4) is 0 Å². The molecule has 0 saturated carbocycles. The van der Waals surface area contributed by atoms with Crippen molar-refractivity contribution in [1.29, 1.82) is 0 Å². The van der Waals surface area contributed by atoms with Gasteiger partial charge in [-0.15, -0.1) is 5.10 Å². The molecule has 130 valence electrons. The first-order valence-corrected chi connectivity index (χ1v) is 8.52. The molecule has 0 spiro atoms. The Morgan fingerprint density at radius 3 is 2.48 bits per heavy atom. The summed E-state index contributed by atoms with van der Waals surface area (Å²) in [5, 5.41) is 4.89. The highest BCUT2D eigenvalue weighted by Crippen LogP contribution is 2.27. The maximum absolute atomic E-state index is 12.3. The molecule has 0 radical (unpaired) electrons. The minimum absolute atomic E-state index is 0.221. The molecular formula is C15H26N4O3S. The van der Waals surface area contributed by atoms with Crippen LogP contribution in [0.1, 0.15) is 39.9 Å². The highest BCUT2D eigenvalue weighted by Gasteiger charge is 2.28. The molecular weight excluding hydrogens is 316 g/mol. The van der Waals surface area contributed by atoms with E-state index in [1.54, 1.807) is 21.0 Å². The third-order valence-corrected chi connectivity index (χ3v) is 4.89. The van der Waals surface area contributed by atoms with E-state index in [9.17, 15) is 9.59 Å². The summed E-state index contributed by atoms with van der Waals surface area (Å²) in [4.78, 5) is 29.8. The van der Waals surface area contributed by atoms with Crippen molar-refractivity contribution < 1.29 is 14.3 Å². The van der Waals surface area contributed by atoms with E-state index in [2.05, 4.69) is 17.0 Å². The van der Waals surface area contributed by atoms with Gasteiger partial charge in [-0.1, -0.05) is 39.5 Å². The molecule has 1 aromatic rings. The molecule has 1 heterocycles. The molecule has 0 aliphatic rings. The number of carbonyl (C=O) groups is 2. The Labute approximate surface area is 141 Å². The quantitative estimate of drug-likeness (QED) is 0.583. The van der Waals surface area contributed by atoms with Gasteiger partial charge in [0.25, 0.3) is 0 Å². The molecule has 0 aromatic carbocycles. The van der Waals surface area contributed by atoms with Crippen LogP contribution in [0.5, 0.6) is 0 Å². The lowest BCUT2D eigenvalue weighted by molar-refractivity contribution is -0.143. The van der Waals surface area contributed by atoms with E-state index >= 15 is 0 Å². The lowest BCUT2D eigenvalue weighted by Crippen LogP contribution is -2.29. The number of carbonyl (C=O) groups excluding carboxylic acids is 2. The number of thioether (sulfide) groups is 1. The van der Waals surface area contributed by atoms with Crippen molar-refractivity contribution in [2.75, 3.05) is 27.0 Å². The lowest BCUT2D eigenvalue weighted by atomic mass is 9.90. The lowest BCUT2D eigenvalue weighted by Gasteiger charge is -2.17. The van der Waals surface area contributed by atoms with Gasteiger partial charge in [0.2, 0.25) is 0 Å². The normalized spacial score (nSPS) is 12.8. The summed E-state index contributed by atoms with van der Waals surface area (Å²) in [6.45, 7) is 7.92. The highest BCUT2D eigenvalue weighted by atomic mass is 32.2. The van der Waals surface area contributed by atoms with Crippen LogP contribution in [0.4, 0.5) is 4.79 Å². The van der Waals surface area contributed by atoms with Crippen LogP contribution in [0.15, 0.2) is 5.16 Å². The number of hydrogen-bond acceptors (Lipinski definition) is 6. The zero-order chi connectivity index (χ0) is 17.8. The summed E-state index contributed by atoms with van der Waals surface area (Å²) in [6, 6.07) is -0.260. The standard InChI is InChI=1S/C15H26N4O3S/c1-8-15(3,4)12-16-13(19(17-12)14(21)18(5)6)23-9-10(2)11(20)22-7/h10H,8-9H2,1-7H3. The average Bonchev–Trinajstić information content (AvgIpc) is 2.95. The van der Waals surface area contributed by atoms with Crippen molar-refractivity contribution in [3.05, 3.63) is 5.82 Å². The first kappa shape index (κ1) is 19.5. The number of rotatable bonds is 6. The number of amides is 1. The molecule has 1 unspecified atom stereocenters. The smallest absolute Gasteiger partial charge is 0.346 e. The summed E-state index contributed by atoms with van der Waals surface area (Å²) < 4.78 is 6.03. The van der Waals surface area contributed by atoms with Gasteiger partial charge in [-0.3, -0.25) is 4.79 Å². The van der Waals surface area contributed by atoms with Crippen LogP contribution in [0.25, 0.3) is 0 Å². The Morgan fingerprint density at radius 1 is 1.39 bits per heavy atom. The average molecular weight is 342 g/mol. The molecule has 1 rings (SSSR count). The number of methoxy groups -OCH3 is 1. The van der Waals surface area contributed by atoms with Gasteiger partial charge in [0.1, 0.15) is 0 Å². The molecule has 7 nitrogen and oxygen atoms in total. The Hall–Kier alpha value is -1.57. The molecule has 1 aromatic heterocycles. The van der Waals surface area contributed by atoms with E-state index in [-0.39, 0.29) is 23.3 Å². The fourth-order valence-corrected chi connectivity index (χ4v) is 2.55. The molecule has 8 heteroatoms. The number of aromatic nitrogens is 3. The fraction of sp³-hybridized carbons (Fsp3) is 0.733. The number of ether oxygens (including phenoxy) is 1. The minimum Gasteiger partial charge on any atom is -0.469 e. The van der Waals surface area contributed by atoms with Gasteiger partial charge in [-0.25, -0.2) is 9.78 Å². The third kappa shape index (κ3) is 4.70. The predicted molar refractivity (Wildman–Crippen MR) is 89.7 cm³/mol. The summed E-state index contributed by atoms with van der Waals surface area (Å²) in [6.07, 6.45) is 0.857. The van der Waals surface area contributed by atoms with Gasteiger partial charge in [0.05, 0.1) is 13.0 Å². The molecule has 1 atom stereocenters. The van der Waals surface area contributed by atoms with Gasteiger partial charge < -0.3 is 9.64 Å². The highest BCUT2D eigenvalue weighted by molar-refractivity contribution is 7.99. The summed E-state index contributed by atoms with van der Waals surface area (Å²) in [5.41, 5.74) is -0.221. The van der Waals surface area contributed by atoms with E-state index in [0.717, 1.165) is 6.42 Å². The molecule has 0 aliphatic carbocycles. The molecule has 23 heavy (non-hydrogen) atoms. The summed E-state index contributed by atoms with van der Waals surface area (Å²) >= 11 is 1.33. The van der Waals surface area contributed by atoms with Crippen LogP contribution in [0.3, 0.4) is 0 Å². The third-order valence-electron chi connectivity index (χ3n) is 3.70. The molecule has 0 fully saturated rings. The monoisotopic (exact) mass is 342 g/mol. The zero-order valence-corrected chi connectivity index (χ0v) is 15.7. The van der Waals surface area contributed by atoms with Gasteiger partial charge in [-0.2, -0.15) is 4.68 Å². The number of esters is 1. The van der Waals surface area contributed by atoms with Crippen LogP contribution >= 0.6 is 11.8 Å². The summed E-state index contributed by atoms with van der Waals surface area (Å²) in [7, 11) is 4.70. The Bertz CT molecular complexity index is 569. The predicted octanol–water partition coefficient (Wildman–Crippen LogP) is 2.40. The van der Waals surface area contributed by atoms with E-state index < -0.39 is 0 Å². The maximum Gasteiger partial charge on any atom is 0.346 e. The molecule has 1 amide bonds. The van der Waals surface area contributed by atoms with Crippen molar-refractivity contribution in [1.82, 2.24) is 19.7 Å². The van der Waals surface area contributed by atoms with Crippen molar-refractivity contribution in [2.24, 2.45) is 5.92 Å². The Kier molecular flexibility index (Phi) is 6.61. The first-order valence-electron chi connectivity index (χ1n) is 7.53. The second-order valence-electron chi connectivity index (χ2n) is 6.28. The first-order chi connectivity index (χ1) is 10.6. The molecule has 0 saturated heterocycles. The topological polar surface area (TPSA) is 77.3 Å². The van der Waals surface area contributed by atoms with Crippen molar-refractivity contribution >= 4 is 23.8 Å². The second-order valence-corrected chi connectivity index (χ2v) is 7.27. The zero-order valence-electron chi connectivity index (χ0n) is 14.9. The van der Waals surface area contributed by atoms with Crippen LogP contribution in [-0.2, 0) is 14.9 Å². The van der Waals surface area contributed by atoms with Crippen molar-refractivity contribution in [2.45, 2.75) is 44.7 Å². The van der Waals surface area contributed by atoms with Gasteiger partial charge >= 0.3 is 12.0 Å². The fourth-order valence-electron chi connectivity index (χ4n) is 1.62. The second kappa shape index (κ2) is 7.81. The largest absolute Gasteiger partial charge is 0.469 e.